The summed E-state index contributed by atoms with van der Waals surface area (Å²) in [6, 6.07) is -0.298. The van der Waals surface area contributed by atoms with Crippen LogP contribution in [0.3, 0.4) is 0 Å². The summed E-state index contributed by atoms with van der Waals surface area (Å²) >= 11 is 0. The Bertz CT molecular complexity index is 135. The molecule has 0 aliphatic carbocycles. The number of nitrogens with zero attached hydrogens (tertiary/aromatic N) is 2. The second-order valence-electron chi connectivity index (χ2n) is 2.63. The average Bonchev–Trinajstić information content (AvgIpc) is 2.09. The van der Waals surface area contributed by atoms with Gasteiger partial charge < -0.3 is 15.5 Å². The fraction of sp³-hybridized carbons (Fsp3) is 0.875. The van der Waals surface area contributed by atoms with Crippen LogP contribution in [0.5, 0.6) is 0 Å². The van der Waals surface area contributed by atoms with Gasteiger partial charge in [-0.15, -0.1) is 0 Å². The zero-order valence-corrected chi connectivity index (χ0v) is 8.21. The van der Waals surface area contributed by atoms with Crippen LogP contribution >= 0.6 is 0 Å². The zero-order valence-electron chi connectivity index (χ0n) is 8.21. The van der Waals surface area contributed by atoms with Crippen molar-refractivity contribution in [2.45, 2.75) is 13.8 Å². The highest BCUT2D eigenvalue weighted by Crippen LogP contribution is 1.96. The molecular weight excluding hydrogens is 154 g/mol. The van der Waals surface area contributed by atoms with Crippen LogP contribution in [0.4, 0.5) is 4.79 Å². The van der Waals surface area contributed by atoms with E-state index in [0.717, 1.165) is 26.2 Å². The van der Waals surface area contributed by atoms with Crippen LogP contribution in [-0.4, -0.2) is 49.1 Å². The normalized spacial score (nSPS) is 18.1. The van der Waals surface area contributed by atoms with Gasteiger partial charge in [-0.2, -0.15) is 0 Å². The number of rotatable bonds is 0. The molecule has 0 aromatic rings. The van der Waals surface area contributed by atoms with E-state index in [0.29, 0.717) is 0 Å². The van der Waals surface area contributed by atoms with E-state index < -0.39 is 0 Å². The standard InChI is InChI=1S/C6H13N3O.C2H6.H2/c1-8-2-4-9(5-3-8)6(7)10;1-2;/h2-5H2,1H3,(H2,7,10);1-2H3;1H. The second-order valence-corrected chi connectivity index (χ2v) is 2.63. The number of piperazine rings is 1. The molecule has 1 aliphatic rings. The fourth-order valence-corrected chi connectivity index (χ4v) is 1.03. The topological polar surface area (TPSA) is 49.6 Å². The van der Waals surface area contributed by atoms with Crippen molar-refractivity contribution in [1.82, 2.24) is 9.80 Å². The molecule has 0 bridgehead atoms. The van der Waals surface area contributed by atoms with E-state index in [1.54, 1.807) is 4.90 Å². The molecule has 2 amide bonds. The summed E-state index contributed by atoms with van der Waals surface area (Å²) < 4.78 is 0. The number of hydrogen-bond acceptors (Lipinski definition) is 2. The van der Waals surface area contributed by atoms with Gasteiger partial charge >= 0.3 is 6.03 Å². The number of hydrogen-bond donors (Lipinski definition) is 1. The predicted molar refractivity (Wildman–Crippen MR) is 52.1 cm³/mol. The zero-order chi connectivity index (χ0) is 9.56. The van der Waals surface area contributed by atoms with Gasteiger partial charge in [0, 0.05) is 27.6 Å². The molecule has 4 nitrogen and oxygen atoms in total. The van der Waals surface area contributed by atoms with Gasteiger partial charge in [0.2, 0.25) is 0 Å². The van der Waals surface area contributed by atoms with Crippen molar-refractivity contribution in [2.24, 2.45) is 5.73 Å². The van der Waals surface area contributed by atoms with Gasteiger partial charge in [0.25, 0.3) is 0 Å². The Hall–Kier alpha value is -0.770. The van der Waals surface area contributed by atoms with Crippen LogP contribution in [0.15, 0.2) is 0 Å². The number of carbonyl (C=O) groups excluding carboxylic acids is 1. The number of urea groups is 1. The van der Waals surface area contributed by atoms with Gasteiger partial charge in [-0.25, -0.2) is 4.79 Å². The van der Waals surface area contributed by atoms with Crippen molar-refractivity contribution in [2.75, 3.05) is 33.2 Å². The van der Waals surface area contributed by atoms with Gasteiger partial charge in [0.05, 0.1) is 0 Å². The van der Waals surface area contributed by atoms with Crippen molar-refractivity contribution in [1.29, 1.82) is 0 Å². The summed E-state index contributed by atoms with van der Waals surface area (Å²) in [7, 11) is 2.04. The largest absolute Gasteiger partial charge is 0.351 e. The van der Waals surface area contributed by atoms with Gasteiger partial charge in [-0.3, -0.25) is 0 Å². The molecule has 0 radical (unpaired) electrons. The summed E-state index contributed by atoms with van der Waals surface area (Å²) in [4.78, 5) is 14.4. The number of primary amides is 1. The Balaban J connectivity index is 0. The van der Waals surface area contributed by atoms with Gasteiger partial charge in [-0.05, 0) is 7.05 Å². The minimum Gasteiger partial charge on any atom is -0.351 e. The summed E-state index contributed by atoms with van der Waals surface area (Å²) in [6.45, 7) is 7.41. The molecule has 0 saturated carbocycles. The highest BCUT2D eigenvalue weighted by molar-refractivity contribution is 5.72. The molecule has 1 rings (SSSR count). The van der Waals surface area contributed by atoms with Crippen LogP contribution in [0.2, 0.25) is 0 Å². The van der Waals surface area contributed by atoms with E-state index >= 15 is 0 Å². The monoisotopic (exact) mass is 175 g/mol. The predicted octanol–water partition coefficient (Wildman–Crippen LogP) is 0.585. The Morgan fingerprint density at radius 2 is 1.67 bits per heavy atom. The smallest absolute Gasteiger partial charge is 0.314 e. The molecule has 2 N–H and O–H groups in total. The first-order valence-corrected chi connectivity index (χ1v) is 4.43. The van der Waals surface area contributed by atoms with Crippen molar-refractivity contribution in [3.05, 3.63) is 0 Å². The quantitative estimate of drug-likeness (QED) is 0.585. The van der Waals surface area contributed by atoms with Crippen molar-refractivity contribution in [3.8, 4) is 0 Å². The third-order valence-electron chi connectivity index (χ3n) is 1.81. The minimum absolute atomic E-state index is 0. The van der Waals surface area contributed by atoms with E-state index in [1.807, 2.05) is 20.9 Å². The van der Waals surface area contributed by atoms with Gasteiger partial charge in [0.1, 0.15) is 0 Å². The van der Waals surface area contributed by atoms with E-state index in [9.17, 15) is 4.79 Å². The lowest BCUT2D eigenvalue weighted by molar-refractivity contribution is 0.161. The van der Waals surface area contributed by atoms with Crippen LogP contribution in [0, 0.1) is 0 Å². The number of nitrogens with two attached hydrogens (primary N) is 1. The molecule has 12 heavy (non-hydrogen) atoms. The molecule has 0 atom stereocenters. The van der Waals surface area contributed by atoms with Gasteiger partial charge in [-0.1, -0.05) is 13.8 Å². The Labute approximate surface area is 75.8 Å². The first kappa shape index (κ1) is 11.2. The Morgan fingerprint density at radius 1 is 1.25 bits per heavy atom. The number of likely N-dealkylation sites (N-methyl/N-ethyl adjacent to an activating group) is 1. The van der Waals surface area contributed by atoms with Gasteiger partial charge in [0.15, 0.2) is 0 Å². The highest BCUT2D eigenvalue weighted by Gasteiger charge is 2.15. The molecular formula is C8H21N3O. The van der Waals surface area contributed by atoms with Crippen LogP contribution in [0.25, 0.3) is 0 Å². The maximum absolute atomic E-state index is 10.6. The third kappa shape index (κ3) is 3.57. The third-order valence-corrected chi connectivity index (χ3v) is 1.81. The molecule has 1 heterocycles. The van der Waals surface area contributed by atoms with E-state index in [4.69, 9.17) is 5.73 Å². The van der Waals surface area contributed by atoms with Crippen LogP contribution in [-0.2, 0) is 0 Å². The van der Waals surface area contributed by atoms with Crippen molar-refractivity contribution in [3.63, 3.8) is 0 Å². The second kappa shape index (κ2) is 5.83. The van der Waals surface area contributed by atoms with Crippen molar-refractivity contribution >= 4 is 6.03 Å². The Kier molecular flexibility index (Phi) is 5.45. The molecule has 0 aromatic heterocycles. The first-order chi connectivity index (χ1) is 5.70. The molecule has 0 unspecified atom stereocenters. The highest BCUT2D eigenvalue weighted by atomic mass is 16.2. The van der Waals surface area contributed by atoms with Crippen molar-refractivity contribution < 1.29 is 6.22 Å². The summed E-state index contributed by atoms with van der Waals surface area (Å²) in [5.74, 6) is 0. The number of carbonyl (C=O) groups is 1. The lowest BCUT2D eigenvalue weighted by Crippen LogP contribution is -2.49. The summed E-state index contributed by atoms with van der Waals surface area (Å²) in [5.41, 5.74) is 5.08. The maximum atomic E-state index is 10.6. The molecule has 74 valence electrons. The molecule has 0 spiro atoms. The number of amides is 2. The van der Waals surface area contributed by atoms with E-state index in [1.165, 1.54) is 0 Å². The first-order valence-electron chi connectivity index (χ1n) is 4.43. The summed E-state index contributed by atoms with van der Waals surface area (Å²) in [6.07, 6.45) is 0. The van der Waals surface area contributed by atoms with Crippen LogP contribution < -0.4 is 5.73 Å². The molecule has 1 saturated heterocycles. The van der Waals surface area contributed by atoms with E-state index in [-0.39, 0.29) is 7.46 Å². The fourth-order valence-electron chi connectivity index (χ4n) is 1.03. The Morgan fingerprint density at radius 3 is 2.00 bits per heavy atom. The average molecular weight is 175 g/mol. The molecule has 1 aliphatic heterocycles. The van der Waals surface area contributed by atoms with E-state index in [2.05, 4.69) is 4.90 Å². The summed E-state index contributed by atoms with van der Waals surface area (Å²) in [5, 5.41) is 0. The molecule has 1 fully saturated rings. The lowest BCUT2D eigenvalue weighted by atomic mass is 10.3. The lowest BCUT2D eigenvalue weighted by Gasteiger charge is -2.30. The molecule has 4 heteroatoms. The maximum Gasteiger partial charge on any atom is 0.314 e. The van der Waals surface area contributed by atoms with Crippen LogP contribution in [0.1, 0.15) is 15.3 Å². The molecule has 0 aromatic carbocycles. The minimum atomic E-state index is -0.298. The SMILES string of the molecule is CC.CN1CCN(C(N)=O)CC1.[HH].